The van der Waals surface area contributed by atoms with Crippen LogP contribution in [0.2, 0.25) is 0 Å². The van der Waals surface area contributed by atoms with Gasteiger partial charge in [-0.05, 0) is 70.7 Å². The number of nitrogens with one attached hydrogen (secondary N) is 1. The highest BCUT2D eigenvalue weighted by atomic mass is 16.5. The van der Waals surface area contributed by atoms with Gasteiger partial charge in [-0.15, -0.1) is 0 Å². The van der Waals surface area contributed by atoms with E-state index in [2.05, 4.69) is 43.4 Å². The zero-order chi connectivity index (χ0) is 15.3. The number of ether oxygens (including phenoxy) is 2. The molecule has 1 aromatic rings. The van der Waals surface area contributed by atoms with Crippen LogP contribution >= 0.6 is 0 Å². The molecule has 21 heavy (non-hydrogen) atoms. The smallest absolute Gasteiger partial charge is 0.119 e. The summed E-state index contributed by atoms with van der Waals surface area (Å²) < 4.78 is 11.4. The van der Waals surface area contributed by atoms with E-state index < -0.39 is 0 Å². The topological polar surface area (TPSA) is 30.5 Å². The molecule has 1 N–H and O–H groups in total. The largest absolute Gasteiger partial charge is 0.491 e. The van der Waals surface area contributed by atoms with Crippen LogP contribution < -0.4 is 10.1 Å². The standard InChI is InChI=1S/C18H29NO2/c1-14(2)21-17-7-5-15(6-8-17)12-19-13-16-9-10-20-18(3,4)11-16/h5-8,14,16,19H,9-13H2,1-4H3/t16-/m1/s1. The van der Waals surface area contributed by atoms with Gasteiger partial charge in [0.15, 0.2) is 0 Å². The molecule has 1 aliphatic rings. The quantitative estimate of drug-likeness (QED) is 0.865. The zero-order valence-electron chi connectivity index (χ0n) is 13.8. The Bertz CT molecular complexity index is 425. The first-order chi connectivity index (χ1) is 9.94. The molecule has 0 aromatic heterocycles. The van der Waals surface area contributed by atoms with Crippen molar-refractivity contribution < 1.29 is 9.47 Å². The molecule has 0 radical (unpaired) electrons. The maximum absolute atomic E-state index is 5.76. The van der Waals surface area contributed by atoms with E-state index in [9.17, 15) is 0 Å². The van der Waals surface area contributed by atoms with E-state index in [1.54, 1.807) is 0 Å². The van der Waals surface area contributed by atoms with Gasteiger partial charge in [-0.3, -0.25) is 0 Å². The van der Waals surface area contributed by atoms with E-state index in [0.29, 0.717) is 0 Å². The third kappa shape index (κ3) is 5.68. The predicted molar refractivity (Wildman–Crippen MR) is 86.7 cm³/mol. The van der Waals surface area contributed by atoms with Gasteiger partial charge in [-0.2, -0.15) is 0 Å². The molecular weight excluding hydrogens is 262 g/mol. The lowest BCUT2D eigenvalue weighted by atomic mass is 9.88. The molecule has 0 amide bonds. The van der Waals surface area contributed by atoms with Crippen molar-refractivity contribution in [3.8, 4) is 5.75 Å². The highest BCUT2D eigenvalue weighted by molar-refractivity contribution is 5.27. The van der Waals surface area contributed by atoms with Crippen LogP contribution in [0.1, 0.15) is 46.1 Å². The van der Waals surface area contributed by atoms with Crippen LogP contribution in [0.5, 0.6) is 5.75 Å². The van der Waals surface area contributed by atoms with E-state index >= 15 is 0 Å². The maximum atomic E-state index is 5.76. The second-order valence-corrected chi connectivity index (χ2v) is 6.91. The molecule has 0 aliphatic carbocycles. The molecule has 0 bridgehead atoms. The molecule has 1 saturated heterocycles. The van der Waals surface area contributed by atoms with Crippen LogP contribution in [0, 0.1) is 5.92 Å². The lowest BCUT2D eigenvalue weighted by Crippen LogP contribution is -2.37. The summed E-state index contributed by atoms with van der Waals surface area (Å²) in [6.07, 6.45) is 2.53. The summed E-state index contributed by atoms with van der Waals surface area (Å²) in [5.41, 5.74) is 1.35. The molecule has 0 saturated carbocycles. The Morgan fingerprint density at radius 2 is 2.00 bits per heavy atom. The summed E-state index contributed by atoms with van der Waals surface area (Å²) >= 11 is 0. The second kappa shape index (κ2) is 7.28. The lowest BCUT2D eigenvalue weighted by molar-refractivity contribution is -0.0718. The Morgan fingerprint density at radius 1 is 1.29 bits per heavy atom. The van der Waals surface area contributed by atoms with E-state index in [4.69, 9.17) is 9.47 Å². The Hall–Kier alpha value is -1.06. The average molecular weight is 291 g/mol. The van der Waals surface area contributed by atoms with Gasteiger partial charge in [0, 0.05) is 13.2 Å². The van der Waals surface area contributed by atoms with Crippen molar-refractivity contribution in [1.29, 1.82) is 0 Å². The fraction of sp³-hybridized carbons (Fsp3) is 0.667. The van der Waals surface area contributed by atoms with E-state index in [-0.39, 0.29) is 11.7 Å². The first-order valence-corrected chi connectivity index (χ1v) is 8.05. The van der Waals surface area contributed by atoms with E-state index in [1.165, 1.54) is 5.56 Å². The van der Waals surface area contributed by atoms with Crippen molar-refractivity contribution in [3.63, 3.8) is 0 Å². The first kappa shape index (κ1) is 16.3. The molecule has 2 rings (SSSR count). The minimum Gasteiger partial charge on any atom is -0.491 e. The molecular formula is C18H29NO2. The summed E-state index contributed by atoms with van der Waals surface area (Å²) in [6, 6.07) is 8.38. The molecule has 1 aromatic carbocycles. The van der Waals surface area contributed by atoms with Crippen LogP contribution in [0.25, 0.3) is 0 Å². The number of hydrogen-bond donors (Lipinski definition) is 1. The van der Waals surface area contributed by atoms with Crippen LogP contribution in [0.4, 0.5) is 0 Å². The number of hydrogen-bond acceptors (Lipinski definition) is 3. The molecule has 1 fully saturated rings. The number of rotatable bonds is 6. The first-order valence-electron chi connectivity index (χ1n) is 8.05. The highest BCUT2D eigenvalue weighted by Crippen LogP contribution is 2.28. The van der Waals surface area contributed by atoms with E-state index in [1.807, 2.05) is 13.8 Å². The van der Waals surface area contributed by atoms with Crippen molar-refractivity contribution >= 4 is 0 Å². The molecule has 1 atom stereocenters. The Morgan fingerprint density at radius 3 is 2.62 bits per heavy atom. The van der Waals surface area contributed by atoms with Crippen molar-refractivity contribution in [2.24, 2.45) is 5.92 Å². The van der Waals surface area contributed by atoms with Crippen molar-refractivity contribution in [2.45, 2.75) is 58.8 Å². The van der Waals surface area contributed by atoms with Gasteiger partial charge in [0.1, 0.15) is 5.75 Å². The lowest BCUT2D eigenvalue weighted by Gasteiger charge is -2.35. The molecule has 0 spiro atoms. The van der Waals surface area contributed by atoms with Gasteiger partial charge < -0.3 is 14.8 Å². The minimum atomic E-state index is 0.0421. The summed E-state index contributed by atoms with van der Waals surface area (Å²) in [5, 5.41) is 3.57. The van der Waals surface area contributed by atoms with Crippen LogP contribution in [0.15, 0.2) is 24.3 Å². The van der Waals surface area contributed by atoms with Crippen LogP contribution in [-0.4, -0.2) is 24.9 Å². The molecule has 0 unspecified atom stereocenters. The Balaban J connectivity index is 1.73. The second-order valence-electron chi connectivity index (χ2n) is 6.91. The fourth-order valence-corrected chi connectivity index (χ4v) is 2.91. The zero-order valence-corrected chi connectivity index (χ0v) is 13.8. The predicted octanol–water partition coefficient (Wildman–Crippen LogP) is 3.77. The van der Waals surface area contributed by atoms with Gasteiger partial charge in [0.2, 0.25) is 0 Å². The summed E-state index contributed by atoms with van der Waals surface area (Å²) in [6.45, 7) is 11.3. The molecule has 118 valence electrons. The average Bonchev–Trinajstić information content (AvgIpc) is 2.39. The Labute approximate surface area is 129 Å². The maximum Gasteiger partial charge on any atom is 0.119 e. The number of benzene rings is 1. The summed E-state index contributed by atoms with van der Waals surface area (Å²) in [7, 11) is 0. The Kier molecular flexibility index (Phi) is 5.65. The minimum absolute atomic E-state index is 0.0421. The normalized spacial score (nSPS) is 21.5. The fourth-order valence-electron chi connectivity index (χ4n) is 2.91. The molecule has 1 heterocycles. The third-order valence-electron chi connectivity index (χ3n) is 3.86. The van der Waals surface area contributed by atoms with Gasteiger partial charge >= 0.3 is 0 Å². The SMILES string of the molecule is CC(C)Oc1ccc(CNC[C@@H]2CCOC(C)(C)C2)cc1. The van der Waals surface area contributed by atoms with Crippen molar-refractivity contribution in [3.05, 3.63) is 29.8 Å². The van der Waals surface area contributed by atoms with Gasteiger partial charge in [-0.25, -0.2) is 0 Å². The highest BCUT2D eigenvalue weighted by Gasteiger charge is 2.28. The van der Waals surface area contributed by atoms with Crippen molar-refractivity contribution in [1.82, 2.24) is 5.32 Å². The van der Waals surface area contributed by atoms with Gasteiger partial charge in [-0.1, -0.05) is 12.1 Å². The van der Waals surface area contributed by atoms with E-state index in [0.717, 1.165) is 44.2 Å². The molecule has 3 nitrogen and oxygen atoms in total. The van der Waals surface area contributed by atoms with Crippen molar-refractivity contribution in [2.75, 3.05) is 13.2 Å². The monoisotopic (exact) mass is 291 g/mol. The van der Waals surface area contributed by atoms with Gasteiger partial charge in [0.25, 0.3) is 0 Å². The van der Waals surface area contributed by atoms with Crippen LogP contribution in [0.3, 0.4) is 0 Å². The van der Waals surface area contributed by atoms with Gasteiger partial charge in [0.05, 0.1) is 11.7 Å². The molecule has 3 heteroatoms. The third-order valence-corrected chi connectivity index (χ3v) is 3.86. The summed E-state index contributed by atoms with van der Waals surface area (Å²) in [5.74, 6) is 1.66. The van der Waals surface area contributed by atoms with Crippen LogP contribution in [-0.2, 0) is 11.3 Å². The molecule has 1 aliphatic heterocycles. The summed E-state index contributed by atoms with van der Waals surface area (Å²) in [4.78, 5) is 0.